The highest BCUT2D eigenvalue weighted by Crippen LogP contribution is 2.43. The summed E-state index contributed by atoms with van der Waals surface area (Å²) < 4.78 is 0. The van der Waals surface area contributed by atoms with E-state index in [-0.39, 0.29) is 0 Å². The van der Waals surface area contributed by atoms with E-state index in [0.29, 0.717) is 17.5 Å². The zero-order chi connectivity index (χ0) is 29.3. The average molecular weight is 564 g/mol. The van der Waals surface area contributed by atoms with Crippen LogP contribution in [-0.2, 0) is 0 Å². The Morgan fingerprint density at radius 2 is 0.818 bits per heavy atom. The molecule has 0 aliphatic heterocycles. The molecule has 0 aliphatic rings. The third-order valence-electron chi connectivity index (χ3n) is 7.88. The van der Waals surface area contributed by atoms with Crippen molar-refractivity contribution < 1.29 is 0 Å². The van der Waals surface area contributed by atoms with Crippen molar-refractivity contribution in [3.05, 3.63) is 152 Å². The number of pyridine rings is 2. The van der Waals surface area contributed by atoms with E-state index >= 15 is 0 Å². The molecule has 44 heavy (non-hydrogen) atoms. The number of benzene rings is 5. The summed E-state index contributed by atoms with van der Waals surface area (Å²) in [6.45, 7) is 0. The molecular weight excluding hydrogens is 538 g/mol. The van der Waals surface area contributed by atoms with E-state index < -0.39 is 0 Å². The van der Waals surface area contributed by atoms with Gasteiger partial charge in [0.2, 0.25) is 0 Å². The SMILES string of the molecule is c1ccc(-c2nc(-c3ccccc3)nc(-c3c4ccccc4c(-c4ccc(-c5ccncc5)nc4)c4ccccc34)n2)cc1. The monoisotopic (exact) mass is 563 g/mol. The fourth-order valence-corrected chi connectivity index (χ4v) is 5.84. The molecule has 0 saturated carbocycles. The van der Waals surface area contributed by atoms with Crippen LogP contribution in [-0.4, -0.2) is 24.9 Å². The molecule has 0 saturated heterocycles. The van der Waals surface area contributed by atoms with Crippen LogP contribution in [0.25, 0.3) is 78.1 Å². The maximum Gasteiger partial charge on any atom is 0.165 e. The average Bonchev–Trinajstić information content (AvgIpc) is 3.11. The van der Waals surface area contributed by atoms with E-state index in [1.165, 1.54) is 0 Å². The van der Waals surface area contributed by atoms with Gasteiger partial charge in [-0.3, -0.25) is 9.97 Å². The molecule has 8 aromatic rings. The predicted molar refractivity (Wildman–Crippen MR) is 178 cm³/mol. The molecule has 0 N–H and O–H groups in total. The summed E-state index contributed by atoms with van der Waals surface area (Å²) in [6.07, 6.45) is 5.55. The summed E-state index contributed by atoms with van der Waals surface area (Å²) in [5.74, 6) is 1.92. The van der Waals surface area contributed by atoms with Gasteiger partial charge in [-0.2, -0.15) is 0 Å². The second kappa shape index (κ2) is 11.0. The molecule has 0 bridgehead atoms. The Morgan fingerprint density at radius 1 is 0.341 bits per heavy atom. The van der Waals surface area contributed by atoms with Crippen LogP contribution in [0.4, 0.5) is 0 Å². The standard InChI is InChI=1S/C39H25N5/c1-3-11-27(12-4-1)37-42-38(28-13-5-2-6-14-28)44-39(43-37)36-32-17-9-7-15-30(32)35(31-16-8-10-18-33(31)36)29-19-20-34(41-25-29)26-21-23-40-24-22-26/h1-25H. The zero-order valence-corrected chi connectivity index (χ0v) is 23.7. The summed E-state index contributed by atoms with van der Waals surface area (Å²) in [4.78, 5) is 24.1. The van der Waals surface area contributed by atoms with Gasteiger partial charge in [0.15, 0.2) is 17.5 Å². The molecule has 0 fully saturated rings. The Labute approximate surface area is 254 Å². The van der Waals surface area contributed by atoms with Gasteiger partial charge in [0.1, 0.15) is 0 Å². The first-order chi connectivity index (χ1) is 21.8. The summed E-state index contributed by atoms with van der Waals surface area (Å²) in [7, 11) is 0. The van der Waals surface area contributed by atoms with Crippen molar-refractivity contribution in [2.75, 3.05) is 0 Å². The molecule has 0 spiro atoms. The third-order valence-corrected chi connectivity index (χ3v) is 7.88. The predicted octanol–water partition coefficient (Wildman–Crippen LogP) is 9.30. The molecule has 5 aromatic carbocycles. The number of hydrogen-bond donors (Lipinski definition) is 0. The highest BCUT2D eigenvalue weighted by molar-refractivity contribution is 6.20. The van der Waals surface area contributed by atoms with Crippen molar-refractivity contribution in [3.8, 4) is 56.5 Å². The number of aromatic nitrogens is 5. The second-order valence-corrected chi connectivity index (χ2v) is 10.5. The Bertz CT molecular complexity index is 2140. The molecule has 0 unspecified atom stereocenters. The van der Waals surface area contributed by atoms with E-state index in [2.05, 4.69) is 65.6 Å². The largest absolute Gasteiger partial charge is 0.265 e. The normalized spacial score (nSPS) is 11.2. The molecule has 3 heterocycles. The van der Waals surface area contributed by atoms with E-state index in [1.54, 1.807) is 12.4 Å². The second-order valence-electron chi connectivity index (χ2n) is 10.5. The molecule has 206 valence electrons. The van der Waals surface area contributed by atoms with Crippen LogP contribution in [0, 0.1) is 0 Å². The molecule has 0 radical (unpaired) electrons. The van der Waals surface area contributed by atoms with Gasteiger partial charge in [-0.1, -0.05) is 115 Å². The van der Waals surface area contributed by atoms with Crippen molar-refractivity contribution in [2.24, 2.45) is 0 Å². The molecule has 0 atom stereocenters. The van der Waals surface area contributed by atoms with Crippen molar-refractivity contribution >= 4 is 21.5 Å². The van der Waals surface area contributed by atoms with Crippen molar-refractivity contribution in [3.63, 3.8) is 0 Å². The van der Waals surface area contributed by atoms with Gasteiger partial charge >= 0.3 is 0 Å². The molecule has 5 heteroatoms. The van der Waals surface area contributed by atoms with Crippen molar-refractivity contribution in [2.45, 2.75) is 0 Å². The van der Waals surface area contributed by atoms with Gasteiger partial charge in [-0.05, 0) is 45.3 Å². The minimum Gasteiger partial charge on any atom is -0.265 e. The van der Waals surface area contributed by atoms with Crippen LogP contribution in [0.1, 0.15) is 0 Å². The maximum absolute atomic E-state index is 5.11. The molecule has 3 aromatic heterocycles. The highest BCUT2D eigenvalue weighted by Gasteiger charge is 2.20. The third kappa shape index (κ3) is 4.57. The van der Waals surface area contributed by atoms with Crippen LogP contribution in [0.2, 0.25) is 0 Å². The fraction of sp³-hybridized carbons (Fsp3) is 0. The van der Waals surface area contributed by atoms with E-state index in [1.807, 2.05) is 79.0 Å². The Morgan fingerprint density at radius 3 is 1.32 bits per heavy atom. The van der Waals surface area contributed by atoms with Gasteiger partial charge < -0.3 is 0 Å². The lowest BCUT2D eigenvalue weighted by Crippen LogP contribution is -2.01. The first-order valence-corrected chi connectivity index (χ1v) is 14.5. The van der Waals surface area contributed by atoms with Gasteiger partial charge in [0.05, 0.1) is 5.69 Å². The van der Waals surface area contributed by atoms with E-state index in [0.717, 1.165) is 60.6 Å². The topological polar surface area (TPSA) is 64.5 Å². The molecule has 5 nitrogen and oxygen atoms in total. The highest BCUT2D eigenvalue weighted by atomic mass is 15.0. The van der Waals surface area contributed by atoms with Crippen LogP contribution >= 0.6 is 0 Å². The quantitative estimate of drug-likeness (QED) is 0.195. The number of rotatable bonds is 5. The smallest absolute Gasteiger partial charge is 0.165 e. The number of nitrogens with zero attached hydrogens (tertiary/aromatic N) is 5. The minimum atomic E-state index is 0.641. The molecular formula is C39H25N5. The lowest BCUT2D eigenvalue weighted by Gasteiger charge is -2.17. The molecule has 0 amide bonds. The van der Waals surface area contributed by atoms with Crippen LogP contribution in [0.3, 0.4) is 0 Å². The fourth-order valence-electron chi connectivity index (χ4n) is 5.84. The summed E-state index contributed by atoms with van der Waals surface area (Å²) >= 11 is 0. The Hall–Kier alpha value is -6.07. The maximum atomic E-state index is 5.11. The van der Waals surface area contributed by atoms with Crippen LogP contribution in [0.5, 0.6) is 0 Å². The molecule has 8 rings (SSSR count). The first kappa shape index (κ1) is 25.6. The van der Waals surface area contributed by atoms with Gasteiger partial charge in [-0.25, -0.2) is 15.0 Å². The zero-order valence-electron chi connectivity index (χ0n) is 23.7. The van der Waals surface area contributed by atoms with Gasteiger partial charge in [-0.15, -0.1) is 0 Å². The number of fused-ring (bicyclic) bond motifs is 2. The Kier molecular flexibility index (Phi) is 6.39. The Balaban J connectivity index is 1.40. The van der Waals surface area contributed by atoms with Crippen molar-refractivity contribution in [1.82, 2.24) is 24.9 Å². The summed E-state index contributed by atoms with van der Waals surface area (Å²) in [5.41, 5.74) is 7.00. The van der Waals surface area contributed by atoms with Gasteiger partial charge in [0.25, 0.3) is 0 Å². The lowest BCUT2D eigenvalue weighted by atomic mass is 9.88. The first-order valence-electron chi connectivity index (χ1n) is 14.5. The van der Waals surface area contributed by atoms with E-state index in [4.69, 9.17) is 19.9 Å². The van der Waals surface area contributed by atoms with Crippen LogP contribution < -0.4 is 0 Å². The summed E-state index contributed by atoms with van der Waals surface area (Å²) in [6, 6.07) is 45.4. The summed E-state index contributed by atoms with van der Waals surface area (Å²) in [5, 5.41) is 4.37. The number of hydrogen-bond acceptors (Lipinski definition) is 5. The van der Waals surface area contributed by atoms with Crippen LogP contribution in [0.15, 0.2) is 152 Å². The minimum absolute atomic E-state index is 0.641. The van der Waals surface area contributed by atoms with Crippen molar-refractivity contribution in [1.29, 1.82) is 0 Å². The van der Waals surface area contributed by atoms with Gasteiger partial charge in [0, 0.05) is 46.4 Å². The lowest BCUT2D eigenvalue weighted by molar-refractivity contribution is 1.08. The van der Waals surface area contributed by atoms with E-state index in [9.17, 15) is 0 Å². The molecule has 0 aliphatic carbocycles.